The van der Waals surface area contributed by atoms with E-state index in [2.05, 4.69) is 25.5 Å². The number of carbonyl (C=O) groups is 2. The second-order valence-corrected chi connectivity index (χ2v) is 7.32. The number of hydrogen-bond donors (Lipinski definition) is 2. The fourth-order valence-electron chi connectivity index (χ4n) is 3.52. The monoisotopic (exact) mass is 423 g/mol. The molecule has 1 aliphatic rings. The zero-order valence-corrected chi connectivity index (χ0v) is 16.8. The summed E-state index contributed by atoms with van der Waals surface area (Å²) in [5, 5.41) is 5.52. The van der Waals surface area contributed by atoms with Gasteiger partial charge in [0.25, 0.3) is 11.8 Å². The van der Waals surface area contributed by atoms with Gasteiger partial charge in [0, 0.05) is 37.1 Å². The summed E-state index contributed by atoms with van der Waals surface area (Å²) in [6, 6.07) is 9.08. The first-order valence-electron chi connectivity index (χ1n) is 10.0. The van der Waals surface area contributed by atoms with Crippen LogP contribution in [0.2, 0.25) is 0 Å². The highest BCUT2D eigenvalue weighted by molar-refractivity contribution is 6.07. The molecule has 1 aliphatic heterocycles. The molecule has 0 spiro atoms. The lowest BCUT2D eigenvalue weighted by atomic mass is 10.0. The minimum Gasteiger partial charge on any atom is -0.468 e. The molecule has 0 atom stereocenters. The van der Waals surface area contributed by atoms with E-state index in [-0.39, 0.29) is 23.1 Å². The summed E-state index contributed by atoms with van der Waals surface area (Å²) >= 11 is 0. The smallest absolute Gasteiger partial charge is 0.273 e. The highest BCUT2D eigenvalue weighted by Crippen LogP contribution is 2.16. The number of aromatic nitrogens is 2. The number of halogens is 1. The van der Waals surface area contributed by atoms with Crippen molar-refractivity contribution < 1.29 is 18.4 Å². The van der Waals surface area contributed by atoms with Crippen LogP contribution in [0.4, 0.5) is 10.2 Å². The van der Waals surface area contributed by atoms with Crippen molar-refractivity contribution in [1.29, 1.82) is 0 Å². The van der Waals surface area contributed by atoms with Gasteiger partial charge in [0.1, 0.15) is 11.6 Å². The maximum Gasteiger partial charge on any atom is 0.273 e. The first-order valence-corrected chi connectivity index (χ1v) is 10.0. The predicted octanol–water partition coefficient (Wildman–Crippen LogP) is 2.86. The molecule has 1 saturated heterocycles. The summed E-state index contributed by atoms with van der Waals surface area (Å²) < 4.78 is 18.8. The fraction of sp³-hybridized carbons (Fsp3) is 0.273. The summed E-state index contributed by atoms with van der Waals surface area (Å²) in [4.78, 5) is 35.6. The van der Waals surface area contributed by atoms with Crippen molar-refractivity contribution in [1.82, 2.24) is 20.2 Å². The Morgan fingerprint density at radius 1 is 1.10 bits per heavy atom. The van der Waals surface area contributed by atoms with Gasteiger partial charge in [-0.3, -0.25) is 14.5 Å². The van der Waals surface area contributed by atoms with Crippen LogP contribution < -0.4 is 10.6 Å². The standard InChI is InChI=1S/C22H22FN5O3/c23-16-4-1-3-15(13-16)21(29)27-20-19(24-8-9-25-20)22(30)26-17-6-10-28(11-7-17)14-18-5-2-12-31-18/h1-5,8-9,12-13,17H,6-7,10-11,14H2,(H,26,30)(H,25,27,29). The second-order valence-electron chi connectivity index (χ2n) is 7.32. The average Bonchev–Trinajstić information content (AvgIpc) is 3.28. The molecular weight excluding hydrogens is 401 g/mol. The number of carbonyl (C=O) groups excluding carboxylic acids is 2. The van der Waals surface area contributed by atoms with Crippen LogP contribution in [-0.2, 0) is 6.54 Å². The molecule has 31 heavy (non-hydrogen) atoms. The van der Waals surface area contributed by atoms with E-state index in [9.17, 15) is 14.0 Å². The summed E-state index contributed by atoms with van der Waals surface area (Å²) in [7, 11) is 0. The summed E-state index contributed by atoms with van der Waals surface area (Å²) in [5.41, 5.74) is 0.145. The van der Waals surface area contributed by atoms with Gasteiger partial charge in [0.05, 0.1) is 12.8 Å². The predicted molar refractivity (Wildman–Crippen MR) is 111 cm³/mol. The quantitative estimate of drug-likeness (QED) is 0.632. The Kier molecular flexibility index (Phi) is 6.32. The second kappa shape index (κ2) is 9.48. The summed E-state index contributed by atoms with van der Waals surface area (Å²) in [5.74, 6) is -0.555. The van der Waals surface area contributed by atoms with E-state index in [0.717, 1.165) is 44.3 Å². The first kappa shape index (κ1) is 20.7. The lowest BCUT2D eigenvalue weighted by molar-refractivity contribution is 0.0902. The molecule has 0 aliphatic carbocycles. The van der Waals surface area contributed by atoms with Crippen LogP contribution in [0.15, 0.2) is 59.5 Å². The molecule has 4 rings (SSSR count). The van der Waals surface area contributed by atoms with Gasteiger partial charge < -0.3 is 15.1 Å². The molecule has 160 valence electrons. The Morgan fingerprint density at radius 3 is 2.65 bits per heavy atom. The number of amides is 2. The normalized spacial score (nSPS) is 14.9. The van der Waals surface area contributed by atoms with Crippen LogP contribution in [0.5, 0.6) is 0 Å². The van der Waals surface area contributed by atoms with E-state index in [1.54, 1.807) is 6.26 Å². The number of rotatable bonds is 6. The van der Waals surface area contributed by atoms with Crippen LogP contribution in [0.1, 0.15) is 39.4 Å². The third-order valence-electron chi connectivity index (χ3n) is 5.11. The molecular formula is C22H22FN5O3. The highest BCUT2D eigenvalue weighted by Gasteiger charge is 2.24. The number of anilines is 1. The number of piperidine rings is 1. The molecule has 1 fully saturated rings. The van der Waals surface area contributed by atoms with Gasteiger partial charge in [-0.15, -0.1) is 0 Å². The van der Waals surface area contributed by atoms with Crippen LogP contribution in [0.3, 0.4) is 0 Å². The topological polar surface area (TPSA) is 100 Å². The molecule has 1 aromatic carbocycles. The number of furan rings is 1. The number of hydrogen-bond acceptors (Lipinski definition) is 6. The maximum absolute atomic E-state index is 13.4. The van der Waals surface area contributed by atoms with E-state index in [1.807, 2.05) is 12.1 Å². The third kappa shape index (κ3) is 5.32. The Morgan fingerprint density at radius 2 is 1.90 bits per heavy atom. The van der Waals surface area contributed by atoms with Gasteiger partial charge in [-0.1, -0.05) is 6.07 Å². The molecule has 2 N–H and O–H groups in total. The van der Waals surface area contributed by atoms with Gasteiger partial charge in [-0.2, -0.15) is 0 Å². The molecule has 3 heterocycles. The van der Waals surface area contributed by atoms with Crippen molar-refractivity contribution in [3.05, 3.63) is 77.9 Å². The zero-order chi connectivity index (χ0) is 21.6. The lowest BCUT2D eigenvalue weighted by Crippen LogP contribution is -2.44. The summed E-state index contributed by atoms with van der Waals surface area (Å²) in [6.45, 7) is 2.40. The largest absolute Gasteiger partial charge is 0.468 e. The van der Waals surface area contributed by atoms with E-state index in [1.165, 1.54) is 30.6 Å². The van der Waals surface area contributed by atoms with Crippen molar-refractivity contribution in [2.24, 2.45) is 0 Å². The van der Waals surface area contributed by atoms with E-state index < -0.39 is 17.6 Å². The van der Waals surface area contributed by atoms with Gasteiger partial charge >= 0.3 is 0 Å². The maximum atomic E-state index is 13.4. The van der Waals surface area contributed by atoms with E-state index in [4.69, 9.17) is 4.42 Å². The Balaban J connectivity index is 1.35. The Bertz CT molecular complexity index is 1050. The number of nitrogens with zero attached hydrogens (tertiary/aromatic N) is 3. The van der Waals surface area contributed by atoms with Crippen LogP contribution in [0.25, 0.3) is 0 Å². The van der Waals surface area contributed by atoms with Crippen LogP contribution >= 0.6 is 0 Å². The zero-order valence-electron chi connectivity index (χ0n) is 16.8. The molecule has 0 unspecified atom stereocenters. The number of benzene rings is 1. The van der Waals surface area contributed by atoms with Gasteiger partial charge in [0.2, 0.25) is 0 Å². The Hall–Kier alpha value is -3.59. The molecule has 8 nitrogen and oxygen atoms in total. The van der Waals surface area contributed by atoms with Gasteiger partial charge in [0.15, 0.2) is 11.5 Å². The van der Waals surface area contributed by atoms with Crippen LogP contribution in [-0.4, -0.2) is 45.8 Å². The molecule has 0 bridgehead atoms. The van der Waals surface area contributed by atoms with E-state index in [0.29, 0.717) is 0 Å². The molecule has 2 aromatic heterocycles. The Labute approximate surface area is 178 Å². The minimum atomic E-state index is -0.569. The van der Waals surface area contributed by atoms with Crippen molar-refractivity contribution in [2.45, 2.75) is 25.4 Å². The lowest BCUT2D eigenvalue weighted by Gasteiger charge is -2.31. The first-order chi connectivity index (χ1) is 15.1. The third-order valence-corrected chi connectivity index (χ3v) is 5.11. The molecule has 2 amide bonds. The fourth-order valence-corrected chi connectivity index (χ4v) is 3.52. The molecule has 0 saturated carbocycles. The van der Waals surface area contributed by atoms with Crippen molar-refractivity contribution >= 4 is 17.6 Å². The van der Waals surface area contributed by atoms with E-state index >= 15 is 0 Å². The molecule has 0 radical (unpaired) electrons. The van der Waals surface area contributed by atoms with Crippen molar-refractivity contribution in [3.8, 4) is 0 Å². The number of likely N-dealkylation sites (tertiary alicyclic amines) is 1. The molecule has 9 heteroatoms. The number of nitrogens with one attached hydrogen (secondary N) is 2. The average molecular weight is 423 g/mol. The van der Waals surface area contributed by atoms with Crippen LogP contribution in [0, 0.1) is 5.82 Å². The highest BCUT2D eigenvalue weighted by atomic mass is 19.1. The van der Waals surface area contributed by atoms with Crippen molar-refractivity contribution in [2.75, 3.05) is 18.4 Å². The van der Waals surface area contributed by atoms with Crippen molar-refractivity contribution in [3.63, 3.8) is 0 Å². The van der Waals surface area contributed by atoms with Gasteiger partial charge in [-0.25, -0.2) is 14.4 Å². The summed E-state index contributed by atoms with van der Waals surface area (Å²) in [6.07, 6.45) is 6.01. The minimum absolute atomic E-state index is 0.00544. The SMILES string of the molecule is O=C(Nc1nccnc1C(=O)NC1CCN(Cc2ccco2)CC1)c1cccc(F)c1. The molecule has 3 aromatic rings. The van der Waals surface area contributed by atoms with Gasteiger partial charge in [-0.05, 0) is 43.2 Å².